The van der Waals surface area contributed by atoms with Crippen molar-refractivity contribution in [2.45, 2.75) is 26.1 Å². The molecule has 5 rings (SSSR count). The SMILES string of the molecule is Cc1cc(COc2ccc(C(=O)NC[C@@H](C(=O)O)N3CCN(Cc4ccccc4)CC3)cc2)c2ccccc2n1. The van der Waals surface area contributed by atoms with Crippen molar-refractivity contribution in [2.75, 3.05) is 32.7 Å². The highest BCUT2D eigenvalue weighted by Crippen LogP contribution is 2.21. The van der Waals surface area contributed by atoms with Gasteiger partial charge >= 0.3 is 5.97 Å². The molecule has 8 nitrogen and oxygen atoms in total. The molecular weight excluding hydrogens is 504 g/mol. The molecule has 1 amide bonds. The number of benzene rings is 3. The van der Waals surface area contributed by atoms with E-state index >= 15 is 0 Å². The van der Waals surface area contributed by atoms with Crippen molar-refractivity contribution in [2.24, 2.45) is 0 Å². The predicted octanol–water partition coefficient (Wildman–Crippen LogP) is 4.12. The first-order chi connectivity index (χ1) is 19.5. The van der Waals surface area contributed by atoms with E-state index in [9.17, 15) is 14.7 Å². The third-order valence-electron chi connectivity index (χ3n) is 7.28. The van der Waals surface area contributed by atoms with Crippen LogP contribution in [-0.2, 0) is 17.9 Å². The molecule has 1 fully saturated rings. The summed E-state index contributed by atoms with van der Waals surface area (Å²) in [5.41, 5.74) is 4.61. The molecule has 2 heterocycles. The second kappa shape index (κ2) is 12.7. The molecule has 1 aliphatic rings. The highest BCUT2D eigenvalue weighted by molar-refractivity contribution is 5.94. The fourth-order valence-electron chi connectivity index (χ4n) is 5.12. The molecule has 0 bridgehead atoms. The second-order valence-electron chi connectivity index (χ2n) is 10.1. The molecule has 1 atom stereocenters. The van der Waals surface area contributed by atoms with E-state index in [0.717, 1.165) is 41.8 Å². The molecule has 3 aromatic carbocycles. The fraction of sp³-hybridized carbons (Fsp3) is 0.281. The summed E-state index contributed by atoms with van der Waals surface area (Å²) in [5.74, 6) is -0.595. The molecule has 1 saturated heterocycles. The first-order valence-electron chi connectivity index (χ1n) is 13.6. The Morgan fingerprint density at radius 2 is 1.65 bits per heavy atom. The summed E-state index contributed by atoms with van der Waals surface area (Å²) in [6, 6.07) is 26.4. The first-order valence-corrected chi connectivity index (χ1v) is 13.6. The standard InChI is InChI=1S/C32H34N4O4/c1-23-19-26(28-9-5-6-10-29(28)34-23)22-40-27-13-11-25(12-14-27)31(37)33-20-30(32(38)39)36-17-15-35(16-18-36)21-24-7-3-2-4-8-24/h2-14,19,30H,15-18,20-22H2,1H3,(H,33,37)(H,38,39)/t30-/m0/s1. The van der Waals surface area contributed by atoms with E-state index in [2.05, 4.69) is 27.3 Å². The van der Waals surface area contributed by atoms with Gasteiger partial charge in [0.05, 0.1) is 5.52 Å². The van der Waals surface area contributed by atoms with Gasteiger partial charge in [-0.1, -0.05) is 48.5 Å². The van der Waals surface area contributed by atoms with Crippen molar-refractivity contribution in [3.63, 3.8) is 0 Å². The van der Waals surface area contributed by atoms with Crippen LogP contribution >= 0.6 is 0 Å². The maximum Gasteiger partial charge on any atom is 0.322 e. The van der Waals surface area contributed by atoms with Crippen LogP contribution < -0.4 is 10.1 Å². The molecule has 0 radical (unpaired) electrons. The van der Waals surface area contributed by atoms with Gasteiger partial charge in [-0.15, -0.1) is 0 Å². The van der Waals surface area contributed by atoms with E-state index in [4.69, 9.17) is 4.74 Å². The monoisotopic (exact) mass is 538 g/mol. The van der Waals surface area contributed by atoms with Crippen molar-refractivity contribution in [1.82, 2.24) is 20.1 Å². The van der Waals surface area contributed by atoms with E-state index < -0.39 is 12.0 Å². The van der Waals surface area contributed by atoms with Crippen LogP contribution in [-0.4, -0.2) is 70.5 Å². The van der Waals surface area contributed by atoms with Crippen molar-refractivity contribution in [3.05, 3.63) is 107 Å². The molecule has 206 valence electrons. The number of hydrogen-bond acceptors (Lipinski definition) is 6. The number of amides is 1. The highest BCUT2D eigenvalue weighted by Gasteiger charge is 2.29. The van der Waals surface area contributed by atoms with Crippen LogP contribution in [0.25, 0.3) is 10.9 Å². The lowest BCUT2D eigenvalue weighted by Crippen LogP contribution is -2.55. The van der Waals surface area contributed by atoms with Gasteiger partial charge in [0.25, 0.3) is 5.91 Å². The number of carboxylic acid groups (broad SMARTS) is 1. The molecule has 0 aliphatic carbocycles. The maximum atomic E-state index is 12.8. The number of aryl methyl sites for hydroxylation is 1. The Labute approximate surface area is 234 Å². The van der Waals surface area contributed by atoms with E-state index in [1.54, 1.807) is 24.3 Å². The molecule has 0 unspecified atom stereocenters. The molecule has 1 aliphatic heterocycles. The number of nitrogens with zero attached hydrogens (tertiary/aromatic N) is 3. The third kappa shape index (κ3) is 6.83. The minimum atomic E-state index is -0.931. The Morgan fingerprint density at radius 1 is 0.950 bits per heavy atom. The Hall–Kier alpha value is -4.27. The topological polar surface area (TPSA) is 95.0 Å². The summed E-state index contributed by atoms with van der Waals surface area (Å²) < 4.78 is 6.00. The minimum absolute atomic E-state index is 0.0412. The van der Waals surface area contributed by atoms with E-state index in [1.807, 2.05) is 60.4 Å². The van der Waals surface area contributed by atoms with Crippen molar-refractivity contribution >= 4 is 22.8 Å². The number of fused-ring (bicyclic) bond motifs is 1. The lowest BCUT2D eigenvalue weighted by molar-refractivity contribution is -0.143. The number of ether oxygens (including phenoxy) is 1. The summed E-state index contributed by atoms with van der Waals surface area (Å²) in [5, 5.41) is 13.7. The Bertz CT molecular complexity index is 1450. The number of piperazine rings is 1. The molecule has 2 N–H and O–H groups in total. The minimum Gasteiger partial charge on any atom is -0.489 e. The van der Waals surface area contributed by atoms with Crippen LogP contribution in [0.5, 0.6) is 5.75 Å². The Balaban J connectivity index is 1.12. The lowest BCUT2D eigenvalue weighted by atomic mass is 10.1. The Kier molecular flexibility index (Phi) is 8.68. The van der Waals surface area contributed by atoms with Gasteiger partial charge in [-0.25, -0.2) is 0 Å². The number of pyridine rings is 1. The molecule has 0 spiro atoms. The summed E-state index contributed by atoms with van der Waals surface area (Å²) in [6.45, 7) is 6.07. The average molecular weight is 539 g/mol. The molecule has 8 heteroatoms. The number of nitrogens with one attached hydrogen (secondary N) is 1. The number of aliphatic carboxylic acids is 1. The number of hydrogen-bond donors (Lipinski definition) is 2. The first kappa shape index (κ1) is 27.3. The average Bonchev–Trinajstić information content (AvgIpc) is 2.97. The van der Waals surface area contributed by atoms with Gasteiger partial charge in [0.15, 0.2) is 0 Å². The smallest absolute Gasteiger partial charge is 0.322 e. The summed E-state index contributed by atoms with van der Waals surface area (Å²) >= 11 is 0. The second-order valence-corrected chi connectivity index (χ2v) is 10.1. The quantitative estimate of drug-likeness (QED) is 0.314. The van der Waals surface area contributed by atoms with E-state index in [1.165, 1.54) is 5.56 Å². The largest absolute Gasteiger partial charge is 0.489 e. The zero-order chi connectivity index (χ0) is 27.9. The van der Waals surface area contributed by atoms with Gasteiger partial charge in [-0.3, -0.25) is 24.4 Å². The van der Waals surface area contributed by atoms with Crippen molar-refractivity contribution in [3.8, 4) is 5.75 Å². The van der Waals surface area contributed by atoms with Gasteiger partial charge in [0, 0.05) is 61.5 Å². The van der Waals surface area contributed by atoms with Crippen molar-refractivity contribution < 1.29 is 19.4 Å². The third-order valence-corrected chi connectivity index (χ3v) is 7.28. The van der Waals surface area contributed by atoms with Crippen LogP contribution in [0.2, 0.25) is 0 Å². The van der Waals surface area contributed by atoms with Gasteiger partial charge in [-0.05, 0) is 48.9 Å². The van der Waals surface area contributed by atoms with Crippen LogP contribution in [0.1, 0.15) is 27.2 Å². The highest BCUT2D eigenvalue weighted by atomic mass is 16.5. The van der Waals surface area contributed by atoms with Crippen LogP contribution in [0.15, 0.2) is 84.9 Å². The number of carbonyl (C=O) groups excluding carboxylic acids is 1. The van der Waals surface area contributed by atoms with Gasteiger partial charge in [-0.2, -0.15) is 0 Å². The molecule has 1 aromatic heterocycles. The zero-order valence-electron chi connectivity index (χ0n) is 22.6. The van der Waals surface area contributed by atoms with Crippen LogP contribution in [0.3, 0.4) is 0 Å². The van der Waals surface area contributed by atoms with Crippen LogP contribution in [0.4, 0.5) is 0 Å². The summed E-state index contributed by atoms with van der Waals surface area (Å²) in [6.07, 6.45) is 0. The number of carboxylic acids is 1. The Morgan fingerprint density at radius 3 is 2.38 bits per heavy atom. The normalized spacial score (nSPS) is 15.0. The number of para-hydroxylation sites is 1. The number of aromatic nitrogens is 1. The molecular formula is C32H34N4O4. The number of carbonyl (C=O) groups is 2. The molecule has 4 aromatic rings. The predicted molar refractivity (Wildman–Crippen MR) is 154 cm³/mol. The van der Waals surface area contributed by atoms with Crippen LogP contribution in [0, 0.1) is 6.92 Å². The summed E-state index contributed by atoms with van der Waals surface area (Å²) in [4.78, 5) is 33.7. The van der Waals surface area contributed by atoms with Gasteiger partial charge in [0.2, 0.25) is 0 Å². The maximum absolute atomic E-state index is 12.8. The van der Waals surface area contributed by atoms with E-state index in [0.29, 0.717) is 31.0 Å². The van der Waals surface area contributed by atoms with Crippen molar-refractivity contribution in [1.29, 1.82) is 0 Å². The van der Waals surface area contributed by atoms with Gasteiger partial charge in [0.1, 0.15) is 18.4 Å². The molecule has 0 saturated carbocycles. The lowest BCUT2D eigenvalue weighted by Gasteiger charge is -2.37. The summed E-state index contributed by atoms with van der Waals surface area (Å²) in [7, 11) is 0. The molecule has 40 heavy (non-hydrogen) atoms. The number of rotatable bonds is 10. The van der Waals surface area contributed by atoms with Gasteiger partial charge < -0.3 is 15.2 Å². The van der Waals surface area contributed by atoms with E-state index in [-0.39, 0.29) is 12.5 Å². The zero-order valence-corrected chi connectivity index (χ0v) is 22.6. The fourth-order valence-corrected chi connectivity index (χ4v) is 5.12.